The minimum atomic E-state index is -0.116. The molecule has 1 aliphatic carbocycles. The van der Waals surface area contributed by atoms with E-state index in [1.165, 1.54) is 91.8 Å². The van der Waals surface area contributed by atoms with Crippen molar-refractivity contribution >= 4 is 81.1 Å². The summed E-state index contributed by atoms with van der Waals surface area (Å²) in [6.07, 6.45) is 0. The first-order valence-electron chi connectivity index (χ1n) is 20.1. The van der Waals surface area contributed by atoms with Gasteiger partial charge in [0.1, 0.15) is 0 Å². The van der Waals surface area contributed by atoms with E-state index in [1.54, 1.807) is 0 Å². The number of rotatable bonds is 5. The Bertz CT molecular complexity index is 3440. The number of benzene rings is 9. The lowest BCUT2D eigenvalue weighted by atomic mass is 9.82. The Balaban J connectivity index is 1.07. The molecule has 0 N–H and O–H groups in total. The third kappa shape index (κ3) is 4.84. The molecule has 0 spiro atoms. The second-order valence-corrected chi connectivity index (χ2v) is 17.2. The van der Waals surface area contributed by atoms with Crippen LogP contribution in [0.4, 0.5) is 17.1 Å². The zero-order valence-electron chi connectivity index (χ0n) is 32.3. The molecule has 11 aromatic rings. The Kier molecular flexibility index (Phi) is 7.18. The van der Waals surface area contributed by atoms with E-state index < -0.39 is 0 Å². The van der Waals surface area contributed by atoms with E-state index in [-0.39, 0.29) is 5.41 Å². The highest BCUT2D eigenvalue weighted by molar-refractivity contribution is 7.25. The molecular formula is C55H38N2S. The topological polar surface area (TPSA) is 8.17 Å². The molecule has 12 rings (SSSR count). The highest BCUT2D eigenvalue weighted by Crippen LogP contribution is 2.52. The third-order valence-corrected chi connectivity index (χ3v) is 13.7. The van der Waals surface area contributed by atoms with E-state index >= 15 is 0 Å². The van der Waals surface area contributed by atoms with Gasteiger partial charge in [-0.15, -0.1) is 11.3 Å². The first kappa shape index (κ1) is 33.2. The first-order valence-corrected chi connectivity index (χ1v) is 20.9. The first-order chi connectivity index (χ1) is 28.5. The third-order valence-electron chi connectivity index (χ3n) is 12.6. The summed E-state index contributed by atoms with van der Waals surface area (Å²) >= 11 is 1.87. The summed E-state index contributed by atoms with van der Waals surface area (Å²) in [5, 5.41) is 7.55. The normalized spacial score (nSPS) is 13.1. The minimum Gasteiger partial charge on any atom is -0.310 e. The van der Waals surface area contributed by atoms with Crippen molar-refractivity contribution in [2.75, 3.05) is 4.90 Å². The number of thiophene rings is 1. The maximum absolute atomic E-state index is 2.49. The summed E-state index contributed by atoms with van der Waals surface area (Å²) < 4.78 is 5.01. The maximum atomic E-state index is 2.49. The molecule has 0 radical (unpaired) electrons. The number of anilines is 3. The van der Waals surface area contributed by atoms with Crippen LogP contribution in [0.5, 0.6) is 0 Å². The lowest BCUT2D eigenvalue weighted by Gasteiger charge is -2.29. The average Bonchev–Trinajstić information content (AvgIpc) is 3.89. The second-order valence-electron chi connectivity index (χ2n) is 16.1. The fourth-order valence-corrected chi connectivity index (χ4v) is 10.9. The number of hydrogen-bond acceptors (Lipinski definition) is 2. The molecule has 0 aliphatic heterocycles. The van der Waals surface area contributed by atoms with Crippen molar-refractivity contribution in [2.24, 2.45) is 0 Å². The summed E-state index contributed by atoms with van der Waals surface area (Å²) in [5.41, 5.74) is 14.8. The SMILES string of the molecule is CC1(C)c2ccccc2-c2ccc(N(c3ccc4sc5ccccc5c4c3)c3ccc(-c4ccc5c(c4)c4ccccc4n5-c4ccccc4)c4ccccc34)cc21. The van der Waals surface area contributed by atoms with Crippen molar-refractivity contribution in [3.8, 4) is 27.9 Å². The van der Waals surface area contributed by atoms with Crippen LogP contribution in [0, 0.1) is 0 Å². The lowest BCUT2D eigenvalue weighted by Crippen LogP contribution is -2.16. The summed E-state index contributed by atoms with van der Waals surface area (Å²) in [5.74, 6) is 0. The van der Waals surface area contributed by atoms with Crippen LogP contribution in [-0.2, 0) is 5.41 Å². The van der Waals surface area contributed by atoms with Gasteiger partial charge < -0.3 is 9.47 Å². The van der Waals surface area contributed by atoms with Gasteiger partial charge in [-0.1, -0.05) is 135 Å². The minimum absolute atomic E-state index is 0.116. The van der Waals surface area contributed by atoms with Crippen molar-refractivity contribution < 1.29 is 0 Å². The fourth-order valence-electron chi connectivity index (χ4n) is 9.84. The van der Waals surface area contributed by atoms with E-state index in [1.807, 2.05) is 11.3 Å². The number of hydrogen-bond donors (Lipinski definition) is 0. The van der Waals surface area contributed by atoms with Crippen LogP contribution in [0.2, 0.25) is 0 Å². The van der Waals surface area contributed by atoms with Gasteiger partial charge in [-0.3, -0.25) is 0 Å². The van der Waals surface area contributed by atoms with E-state index in [0.29, 0.717) is 0 Å². The zero-order valence-corrected chi connectivity index (χ0v) is 33.1. The predicted octanol–water partition coefficient (Wildman–Crippen LogP) is 15.7. The van der Waals surface area contributed by atoms with Crippen molar-refractivity contribution in [3.05, 3.63) is 205 Å². The Labute approximate surface area is 341 Å². The van der Waals surface area contributed by atoms with Crippen molar-refractivity contribution in [2.45, 2.75) is 19.3 Å². The molecule has 0 saturated heterocycles. The predicted molar refractivity (Wildman–Crippen MR) is 249 cm³/mol. The van der Waals surface area contributed by atoms with Gasteiger partial charge in [-0.05, 0) is 112 Å². The van der Waals surface area contributed by atoms with Crippen LogP contribution in [0.15, 0.2) is 194 Å². The Morgan fingerprint density at radius 1 is 0.414 bits per heavy atom. The van der Waals surface area contributed by atoms with Crippen molar-refractivity contribution in [1.82, 2.24) is 4.57 Å². The molecule has 2 heterocycles. The molecule has 0 unspecified atom stereocenters. The molecule has 2 aromatic heterocycles. The molecule has 9 aromatic carbocycles. The Hall–Kier alpha value is -6.94. The fraction of sp³-hybridized carbons (Fsp3) is 0.0545. The molecule has 274 valence electrons. The van der Waals surface area contributed by atoms with Crippen LogP contribution in [-0.4, -0.2) is 4.57 Å². The number of aromatic nitrogens is 1. The van der Waals surface area contributed by atoms with Gasteiger partial charge in [0.05, 0.1) is 16.7 Å². The Morgan fingerprint density at radius 2 is 1.05 bits per heavy atom. The molecule has 0 fully saturated rings. The van der Waals surface area contributed by atoms with Gasteiger partial charge in [0.2, 0.25) is 0 Å². The van der Waals surface area contributed by atoms with E-state index in [9.17, 15) is 0 Å². The van der Waals surface area contributed by atoms with Gasteiger partial charge >= 0.3 is 0 Å². The molecular weight excluding hydrogens is 721 g/mol. The van der Waals surface area contributed by atoms with Crippen LogP contribution < -0.4 is 4.90 Å². The second kappa shape index (κ2) is 12.5. The van der Waals surface area contributed by atoms with Crippen LogP contribution in [0.3, 0.4) is 0 Å². The van der Waals surface area contributed by atoms with Crippen LogP contribution in [0.1, 0.15) is 25.0 Å². The molecule has 1 aliphatic rings. The number of para-hydroxylation sites is 2. The smallest absolute Gasteiger partial charge is 0.0541 e. The largest absolute Gasteiger partial charge is 0.310 e. The van der Waals surface area contributed by atoms with Crippen LogP contribution in [0.25, 0.3) is 80.7 Å². The molecule has 2 nitrogen and oxygen atoms in total. The van der Waals surface area contributed by atoms with Gasteiger partial charge in [0.25, 0.3) is 0 Å². The van der Waals surface area contributed by atoms with Gasteiger partial charge in [0.15, 0.2) is 0 Å². The summed E-state index contributed by atoms with van der Waals surface area (Å²) in [7, 11) is 0. The van der Waals surface area contributed by atoms with Crippen molar-refractivity contribution in [1.29, 1.82) is 0 Å². The van der Waals surface area contributed by atoms with E-state index in [0.717, 1.165) is 17.1 Å². The highest BCUT2D eigenvalue weighted by atomic mass is 32.1. The quantitative estimate of drug-likeness (QED) is 0.170. The summed E-state index contributed by atoms with van der Waals surface area (Å²) in [6, 6.07) is 72.0. The number of nitrogens with zero attached hydrogens (tertiary/aromatic N) is 2. The van der Waals surface area contributed by atoms with Gasteiger partial charge in [0, 0.05) is 58.8 Å². The molecule has 58 heavy (non-hydrogen) atoms. The maximum Gasteiger partial charge on any atom is 0.0541 e. The zero-order chi connectivity index (χ0) is 38.5. The summed E-state index contributed by atoms with van der Waals surface area (Å²) in [6.45, 7) is 4.74. The molecule has 0 bridgehead atoms. The highest BCUT2D eigenvalue weighted by Gasteiger charge is 2.36. The number of fused-ring (bicyclic) bond motifs is 10. The monoisotopic (exact) mass is 758 g/mol. The Morgan fingerprint density at radius 3 is 1.93 bits per heavy atom. The van der Waals surface area contributed by atoms with Crippen LogP contribution >= 0.6 is 11.3 Å². The van der Waals surface area contributed by atoms with Gasteiger partial charge in [-0.2, -0.15) is 0 Å². The summed E-state index contributed by atoms with van der Waals surface area (Å²) in [4.78, 5) is 2.49. The van der Waals surface area contributed by atoms with E-state index in [2.05, 4.69) is 217 Å². The average molecular weight is 759 g/mol. The van der Waals surface area contributed by atoms with Crippen molar-refractivity contribution in [3.63, 3.8) is 0 Å². The van der Waals surface area contributed by atoms with E-state index in [4.69, 9.17) is 0 Å². The molecule has 3 heteroatoms. The standard InChI is InChI=1S/C55H38N2S/c1-55(2)48-21-11-8-17-41(48)42-27-25-38(34-49(42)55)56(37-26-31-54-47(33-37)45-20-10-13-23-53(45)58-54)51-30-28-39(40-16-6-7-18-43(40)51)35-24-29-52-46(32-35)44-19-9-12-22-50(44)57(52)36-14-4-3-5-15-36/h3-34H,1-2H3. The lowest BCUT2D eigenvalue weighted by molar-refractivity contribution is 0.660. The van der Waals surface area contributed by atoms with Gasteiger partial charge in [-0.25, -0.2) is 0 Å². The molecule has 0 amide bonds. The molecule has 0 saturated carbocycles. The molecule has 0 atom stereocenters.